The Kier molecular flexibility index (Phi) is 7.35. The van der Waals surface area contributed by atoms with E-state index in [1.165, 1.54) is 4.57 Å². The molecule has 32 heavy (non-hydrogen) atoms. The Bertz CT molecular complexity index is 1110. The number of methoxy groups -OCH3 is 1. The molecule has 1 saturated heterocycles. The van der Waals surface area contributed by atoms with Crippen LogP contribution < -0.4 is 4.74 Å². The molecule has 1 aliphatic heterocycles. The lowest BCUT2D eigenvalue weighted by Crippen LogP contribution is -2.56. The molecule has 4 N–H and O–H groups in total. The molecule has 0 spiro atoms. The molecule has 2 heterocycles. The Labute approximate surface area is 189 Å². The highest BCUT2D eigenvalue weighted by Crippen LogP contribution is 2.36. The molecule has 0 bridgehead atoms. The normalized spacial score (nSPS) is 25.6. The molecule has 2 aromatic rings. The molecule has 1 aromatic heterocycles. The van der Waals surface area contributed by atoms with Crippen LogP contribution in [0.25, 0.3) is 0 Å². The number of aliphatic hydroxyl groups excluding tert-OH is 4. The van der Waals surface area contributed by atoms with E-state index in [4.69, 9.17) is 21.7 Å². The molecule has 0 radical (unpaired) electrons. The Hall–Kier alpha value is -2.72. The number of aromatic nitrogens is 1. The monoisotopic (exact) mass is 460 g/mol. The van der Waals surface area contributed by atoms with Crippen molar-refractivity contribution in [3.05, 3.63) is 45.7 Å². The number of nitriles is 1. The topological polar surface area (TPSA) is 153 Å². The number of benzene rings is 1. The summed E-state index contributed by atoms with van der Waals surface area (Å²) in [7, 11) is 1.56. The van der Waals surface area contributed by atoms with Gasteiger partial charge in [-0.15, -0.1) is 5.11 Å². The first kappa shape index (κ1) is 23.9. The molecule has 170 valence electrons. The number of azo groups is 1. The van der Waals surface area contributed by atoms with Crippen molar-refractivity contribution in [2.24, 2.45) is 10.2 Å². The number of hydrogen-bond acceptors (Lipinski definition) is 10. The summed E-state index contributed by atoms with van der Waals surface area (Å²) < 4.78 is 12.2. The largest absolute Gasteiger partial charge is 0.497 e. The Morgan fingerprint density at radius 2 is 1.78 bits per heavy atom. The lowest BCUT2D eigenvalue weighted by molar-refractivity contribution is -0.252. The van der Waals surface area contributed by atoms with E-state index < -0.39 is 37.3 Å². The number of ether oxygens (including phenoxy) is 2. The fourth-order valence-electron chi connectivity index (χ4n) is 3.57. The molecule has 1 aliphatic rings. The highest BCUT2D eigenvalue weighted by atomic mass is 32.1. The van der Waals surface area contributed by atoms with Crippen molar-refractivity contribution in [2.75, 3.05) is 13.7 Å². The van der Waals surface area contributed by atoms with E-state index in [9.17, 15) is 25.7 Å². The van der Waals surface area contributed by atoms with Gasteiger partial charge < -0.3 is 34.5 Å². The van der Waals surface area contributed by atoms with Crippen LogP contribution in [-0.2, 0) is 4.74 Å². The van der Waals surface area contributed by atoms with Crippen molar-refractivity contribution in [2.45, 2.75) is 44.5 Å². The molecule has 11 heteroatoms. The van der Waals surface area contributed by atoms with Gasteiger partial charge in [0.25, 0.3) is 0 Å². The van der Waals surface area contributed by atoms with Crippen LogP contribution in [0.2, 0.25) is 0 Å². The molecule has 0 saturated carbocycles. The summed E-state index contributed by atoms with van der Waals surface area (Å²) in [6.45, 7) is 2.75. The van der Waals surface area contributed by atoms with Gasteiger partial charge in [-0.05, 0) is 43.7 Å². The smallest absolute Gasteiger partial charge is 0.164 e. The molecule has 3 rings (SSSR count). The van der Waals surface area contributed by atoms with Crippen LogP contribution in [0.4, 0.5) is 11.4 Å². The van der Waals surface area contributed by atoms with Gasteiger partial charge in [0.2, 0.25) is 0 Å². The third kappa shape index (κ3) is 4.29. The Morgan fingerprint density at radius 3 is 2.34 bits per heavy atom. The van der Waals surface area contributed by atoms with Crippen LogP contribution >= 0.6 is 12.2 Å². The second-order valence-electron chi connectivity index (χ2n) is 7.34. The van der Waals surface area contributed by atoms with Crippen LogP contribution in [0.1, 0.15) is 23.0 Å². The third-order valence-corrected chi connectivity index (χ3v) is 5.84. The quantitative estimate of drug-likeness (QED) is 0.391. The van der Waals surface area contributed by atoms with Gasteiger partial charge in [-0.2, -0.15) is 10.4 Å². The number of hydrogen-bond donors (Lipinski definition) is 4. The van der Waals surface area contributed by atoms with E-state index in [2.05, 4.69) is 10.2 Å². The van der Waals surface area contributed by atoms with Gasteiger partial charge in [0.05, 0.1) is 25.0 Å². The SMILES string of the molecule is COc1ccc(N=Nc2c(C)c(C#N)c(=S)n([C@H]3O[C@@H](CO)[C@@H](O)[C@@H](O)[C@H]3O)c2C)cc1. The van der Waals surface area contributed by atoms with Crippen molar-refractivity contribution in [3.8, 4) is 11.8 Å². The molecule has 0 unspecified atom stereocenters. The van der Waals surface area contributed by atoms with Crippen molar-refractivity contribution in [3.63, 3.8) is 0 Å². The lowest BCUT2D eigenvalue weighted by atomic mass is 9.97. The molecule has 1 fully saturated rings. The maximum absolute atomic E-state index is 10.6. The molecule has 10 nitrogen and oxygen atoms in total. The van der Waals surface area contributed by atoms with E-state index in [0.29, 0.717) is 28.4 Å². The minimum Gasteiger partial charge on any atom is -0.497 e. The summed E-state index contributed by atoms with van der Waals surface area (Å²) >= 11 is 5.46. The lowest BCUT2D eigenvalue weighted by Gasteiger charge is -2.41. The molecule has 0 amide bonds. The highest BCUT2D eigenvalue weighted by Gasteiger charge is 2.45. The van der Waals surface area contributed by atoms with E-state index in [-0.39, 0.29) is 10.2 Å². The summed E-state index contributed by atoms with van der Waals surface area (Å²) in [6, 6.07) is 8.93. The van der Waals surface area contributed by atoms with Crippen molar-refractivity contribution in [1.29, 1.82) is 5.26 Å². The zero-order valence-corrected chi connectivity index (χ0v) is 18.5. The average molecular weight is 461 g/mol. The van der Waals surface area contributed by atoms with Gasteiger partial charge >= 0.3 is 0 Å². The van der Waals surface area contributed by atoms with Gasteiger partial charge in [-0.3, -0.25) is 0 Å². The predicted octanol–water partition coefficient (Wildman–Crippen LogP) is 2.10. The van der Waals surface area contributed by atoms with Crippen LogP contribution in [0, 0.1) is 29.8 Å². The maximum Gasteiger partial charge on any atom is 0.164 e. The van der Waals surface area contributed by atoms with Gasteiger partial charge in [-0.1, -0.05) is 12.2 Å². The van der Waals surface area contributed by atoms with Crippen molar-refractivity contribution >= 4 is 23.6 Å². The highest BCUT2D eigenvalue weighted by molar-refractivity contribution is 7.71. The summed E-state index contributed by atoms with van der Waals surface area (Å²) in [5, 5.41) is 58.6. The van der Waals surface area contributed by atoms with Crippen LogP contribution in [0.3, 0.4) is 0 Å². The fraction of sp³-hybridized carbons (Fsp3) is 0.429. The number of pyridine rings is 1. The minimum atomic E-state index is -1.59. The summed E-state index contributed by atoms with van der Waals surface area (Å²) in [6.07, 6.45) is -7.07. The first-order valence-electron chi connectivity index (χ1n) is 9.77. The van der Waals surface area contributed by atoms with E-state index in [1.807, 2.05) is 6.07 Å². The Balaban J connectivity index is 2.12. The van der Waals surface area contributed by atoms with Gasteiger partial charge in [0.1, 0.15) is 46.6 Å². The predicted molar refractivity (Wildman–Crippen MR) is 116 cm³/mol. The zero-order valence-electron chi connectivity index (χ0n) is 17.7. The molecular formula is C21H24N4O6S. The Morgan fingerprint density at radius 1 is 1.12 bits per heavy atom. The second kappa shape index (κ2) is 9.83. The third-order valence-electron chi connectivity index (χ3n) is 5.44. The summed E-state index contributed by atoms with van der Waals surface area (Å²) in [5.74, 6) is 0.666. The minimum absolute atomic E-state index is 0.0650. The van der Waals surface area contributed by atoms with Crippen LogP contribution in [-0.4, -0.2) is 63.1 Å². The maximum atomic E-state index is 10.6. The summed E-state index contributed by atoms with van der Waals surface area (Å²) in [4.78, 5) is 0. The first-order chi connectivity index (χ1) is 15.2. The van der Waals surface area contributed by atoms with E-state index in [0.717, 1.165) is 0 Å². The molecular weight excluding hydrogens is 436 g/mol. The number of aliphatic hydroxyl groups is 4. The number of rotatable bonds is 5. The molecule has 5 atom stereocenters. The van der Waals surface area contributed by atoms with Crippen LogP contribution in [0.15, 0.2) is 34.5 Å². The number of nitrogens with zero attached hydrogens (tertiary/aromatic N) is 4. The standard InChI is InChI=1S/C21H24N4O6S/c1-10-14(8-22)21(32)25(20-19(29)18(28)17(27)15(9-26)31-20)11(2)16(10)24-23-12-4-6-13(30-3)7-5-12/h4-7,15,17-20,26-29H,9H2,1-3H3/t15-,17+,18+,19+,20-/m0/s1. The van der Waals surface area contributed by atoms with Crippen LogP contribution in [0.5, 0.6) is 5.75 Å². The van der Waals surface area contributed by atoms with Gasteiger partial charge in [-0.25, -0.2) is 0 Å². The van der Waals surface area contributed by atoms with Gasteiger partial charge in [0.15, 0.2) is 6.23 Å². The van der Waals surface area contributed by atoms with Gasteiger partial charge in [0, 0.05) is 5.69 Å². The second-order valence-corrected chi connectivity index (χ2v) is 7.73. The average Bonchev–Trinajstić information content (AvgIpc) is 2.79. The zero-order chi connectivity index (χ0) is 23.6. The fourth-order valence-corrected chi connectivity index (χ4v) is 4.01. The molecule has 0 aliphatic carbocycles. The van der Waals surface area contributed by atoms with Crippen molar-refractivity contribution < 1.29 is 29.9 Å². The van der Waals surface area contributed by atoms with E-state index >= 15 is 0 Å². The summed E-state index contributed by atoms with van der Waals surface area (Å²) in [5.41, 5.74) is 1.93. The first-order valence-corrected chi connectivity index (χ1v) is 10.2. The molecule has 1 aromatic carbocycles. The van der Waals surface area contributed by atoms with Crippen molar-refractivity contribution in [1.82, 2.24) is 4.57 Å². The van der Waals surface area contributed by atoms with E-state index in [1.54, 1.807) is 45.2 Å².